The second-order valence-corrected chi connectivity index (χ2v) is 4.66. The van der Waals surface area contributed by atoms with Crippen molar-refractivity contribution in [1.82, 2.24) is 15.3 Å². The first-order chi connectivity index (χ1) is 8.74. The minimum Gasteiger partial charge on any atom is -0.306 e. The van der Waals surface area contributed by atoms with E-state index in [-0.39, 0.29) is 11.9 Å². The first-order valence-corrected chi connectivity index (χ1v) is 6.45. The van der Waals surface area contributed by atoms with Crippen LogP contribution in [0.25, 0.3) is 0 Å². The molecule has 0 aliphatic heterocycles. The van der Waals surface area contributed by atoms with Gasteiger partial charge in [0.15, 0.2) is 0 Å². The Balaban J connectivity index is 2.45. The lowest BCUT2D eigenvalue weighted by Gasteiger charge is -2.19. The topological polar surface area (TPSA) is 37.8 Å². The Bertz CT molecular complexity index is 519. The Hall–Kier alpha value is -1.33. The molecule has 0 fully saturated rings. The Kier molecular flexibility index (Phi) is 4.38. The average molecular weight is 310 g/mol. The van der Waals surface area contributed by atoms with Crippen molar-refractivity contribution in [3.63, 3.8) is 0 Å². The summed E-state index contributed by atoms with van der Waals surface area (Å²) >= 11 is 3.20. The lowest BCUT2D eigenvalue weighted by Crippen LogP contribution is -2.23. The van der Waals surface area contributed by atoms with Gasteiger partial charge in [0.05, 0.1) is 10.5 Å². The van der Waals surface area contributed by atoms with Crippen LogP contribution in [0, 0.1) is 5.82 Å². The summed E-state index contributed by atoms with van der Waals surface area (Å²) in [7, 11) is 0. The zero-order valence-electron chi connectivity index (χ0n) is 9.90. The number of aromatic nitrogens is 2. The average Bonchev–Trinajstić information content (AvgIpc) is 2.41. The zero-order valence-corrected chi connectivity index (χ0v) is 11.5. The maximum Gasteiger partial charge on any atom is 0.142 e. The van der Waals surface area contributed by atoms with E-state index in [0.717, 1.165) is 12.1 Å². The molecule has 1 aromatic heterocycles. The number of nitrogens with one attached hydrogen (secondary N) is 1. The first-order valence-electron chi connectivity index (χ1n) is 5.66. The Morgan fingerprint density at radius 3 is 2.72 bits per heavy atom. The van der Waals surface area contributed by atoms with Gasteiger partial charge in [0, 0.05) is 23.5 Å². The highest BCUT2D eigenvalue weighted by atomic mass is 79.9. The third-order valence-electron chi connectivity index (χ3n) is 2.61. The van der Waals surface area contributed by atoms with Gasteiger partial charge in [-0.15, -0.1) is 0 Å². The smallest absolute Gasteiger partial charge is 0.142 e. The van der Waals surface area contributed by atoms with E-state index < -0.39 is 0 Å². The number of benzene rings is 1. The Morgan fingerprint density at radius 1 is 1.33 bits per heavy atom. The maximum absolute atomic E-state index is 14.1. The van der Waals surface area contributed by atoms with Gasteiger partial charge in [-0.25, -0.2) is 14.4 Å². The molecule has 0 radical (unpaired) electrons. The fraction of sp³-hybridized carbons (Fsp3) is 0.231. The molecule has 2 aromatic rings. The van der Waals surface area contributed by atoms with Gasteiger partial charge in [0.2, 0.25) is 0 Å². The molecule has 0 spiro atoms. The summed E-state index contributed by atoms with van der Waals surface area (Å²) in [4.78, 5) is 7.96. The largest absolute Gasteiger partial charge is 0.306 e. The number of hydrogen-bond acceptors (Lipinski definition) is 3. The molecule has 1 atom stereocenters. The minimum atomic E-state index is -0.257. The summed E-state index contributed by atoms with van der Waals surface area (Å²) < 4.78 is 14.6. The van der Waals surface area contributed by atoms with E-state index >= 15 is 0 Å². The molecule has 1 heterocycles. The first kappa shape index (κ1) is 13.1. The van der Waals surface area contributed by atoms with Crippen molar-refractivity contribution < 1.29 is 4.39 Å². The lowest BCUT2D eigenvalue weighted by molar-refractivity contribution is 0.553. The number of hydrogen-bond donors (Lipinski definition) is 1. The fourth-order valence-electron chi connectivity index (χ4n) is 1.81. The molecule has 0 saturated carbocycles. The molecule has 1 N–H and O–H groups in total. The van der Waals surface area contributed by atoms with Crippen LogP contribution in [0.1, 0.15) is 24.1 Å². The van der Waals surface area contributed by atoms with Crippen LogP contribution in [0.15, 0.2) is 41.4 Å². The van der Waals surface area contributed by atoms with E-state index in [1.807, 2.05) is 13.0 Å². The molecule has 5 heteroatoms. The van der Waals surface area contributed by atoms with Gasteiger partial charge >= 0.3 is 0 Å². The predicted molar refractivity (Wildman–Crippen MR) is 71.7 cm³/mol. The summed E-state index contributed by atoms with van der Waals surface area (Å²) in [5.41, 5.74) is 1.43. The van der Waals surface area contributed by atoms with E-state index in [1.54, 1.807) is 24.5 Å². The highest BCUT2D eigenvalue weighted by Gasteiger charge is 2.18. The Morgan fingerprint density at radius 2 is 2.06 bits per heavy atom. The quantitative estimate of drug-likeness (QED) is 0.943. The van der Waals surface area contributed by atoms with Crippen LogP contribution in [0.5, 0.6) is 0 Å². The standard InChI is InChI=1S/C13H13BrFN3/c1-2-18-13(9-6-16-8-17-7-9)10-4-3-5-11(14)12(10)15/h3-8,13,18H,2H2,1H3. The highest BCUT2D eigenvalue weighted by molar-refractivity contribution is 9.10. The third kappa shape index (κ3) is 2.73. The molecule has 1 unspecified atom stereocenters. The normalized spacial score (nSPS) is 12.4. The van der Waals surface area contributed by atoms with Gasteiger partial charge in [-0.3, -0.25) is 0 Å². The van der Waals surface area contributed by atoms with Crippen molar-refractivity contribution in [2.24, 2.45) is 0 Å². The van der Waals surface area contributed by atoms with E-state index in [4.69, 9.17) is 0 Å². The number of halogens is 2. The fourth-order valence-corrected chi connectivity index (χ4v) is 2.20. The molecule has 0 saturated heterocycles. The van der Waals surface area contributed by atoms with Gasteiger partial charge in [0.25, 0.3) is 0 Å². The van der Waals surface area contributed by atoms with Crippen molar-refractivity contribution in [2.75, 3.05) is 6.54 Å². The van der Waals surface area contributed by atoms with Crippen LogP contribution in [0.3, 0.4) is 0 Å². The van der Waals surface area contributed by atoms with E-state index in [0.29, 0.717) is 10.0 Å². The van der Waals surface area contributed by atoms with Crippen LogP contribution in [-0.4, -0.2) is 16.5 Å². The number of rotatable bonds is 4. The second-order valence-electron chi connectivity index (χ2n) is 3.81. The SMILES string of the molecule is CCNC(c1cncnc1)c1cccc(Br)c1F. The summed E-state index contributed by atoms with van der Waals surface area (Å²) in [6.45, 7) is 2.71. The van der Waals surface area contributed by atoms with Crippen molar-refractivity contribution in [1.29, 1.82) is 0 Å². The van der Waals surface area contributed by atoms with Gasteiger partial charge in [-0.2, -0.15) is 0 Å². The molecule has 0 aliphatic carbocycles. The van der Waals surface area contributed by atoms with Crippen molar-refractivity contribution in [2.45, 2.75) is 13.0 Å². The van der Waals surface area contributed by atoms with Crippen LogP contribution < -0.4 is 5.32 Å². The molecule has 0 amide bonds. The molecule has 1 aromatic carbocycles. The van der Waals surface area contributed by atoms with Crippen molar-refractivity contribution >= 4 is 15.9 Å². The van der Waals surface area contributed by atoms with Crippen molar-refractivity contribution in [3.05, 3.63) is 58.3 Å². The highest BCUT2D eigenvalue weighted by Crippen LogP contribution is 2.27. The van der Waals surface area contributed by atoms with Crippen LogP contribution in [-0.2, 0) is 0 Å². The van der Waals surface area contributed by atoms with E-state index in [2.05, 4.69) is 31.2 Å². The molecular formula is C13H13BrFN3. The molecule has 94 valence electrons. The van der Waals surface area contributed by atoms with Crippen LogP contribution in [0.2, 0.25) is 0 Å². The monoisotopic (exact) mass is 309 g/mol. The lowest BCUT2D eigenvalue weighted by atomic mass is 10.0. The molecule has 0 bridgehead atoms. The van der Waals surface area contributed by atoms with E-state index in [9.17, 15) is 4.39 Å². The molecule has 3 nitrogen and oxygen atoms in total. The van der Waals surface area contributed by atoms with E-state index in [1.165, 1.54) is 6.33 Å². The van der Waals surface area contributed by atoms with Crippen molar-refractivity contribution in [3.8, 4) is 0 Å². The second kappa shape index (κ2) is 6.02. The predicted octanol–water partition coefficient (Wildman–Crippen LogP) is 3.08. The van der Waals surface area contributed by atoms with Gasteiger partial charge in [-0.05, 0) is 28.5 Å². The maximum atomic E-state index is 14.1. The third-order valence-corrected chi connectivity index (χ3v) is 3.23. The Labute approximate surface area is 114 Å². The molecule has 18 heavy (non-hydrogen) atoms. The molecule has 2 rings (SSSR count). The van der Waals surface area contributed by atoms with Crippen LogP contribution >= 0.6 is 15.9 Å². The summed E-state index contributed by atoms with van der Waals surface area (Å²) in [6, 6.07) is 5.02. The van der Waals surface area contributed by atoms with Crippen LogP contribution in [0.4, 0.5) is 4.39 Å². The summed E-state index contributed by atoms with van der Waals surface area (Å²) in [5.74, 6) is -0.257. The minimum absolute atomic E-state index is 0.242. The summed E-state index contributed by atoms with van der Waals surface area (Å²) in [5, 5.41) is 3.24. The molecule has 0 aliphatic rings. The van der Waals surface area contributed by atoms with Gasteiger partial charge in [0.1, 0.15) is 12.1 Å². The zero-order chi connectivity index (χ0) is 13.0. The van der Waals surface area contributed by atoms with Gasteiger partial charge in [-0.1, -0.05) is 19.1 Å². The summed E-state index contributed by atoms with van der Waals surface area (Å²) in [6.07, 6.45) is 4.85. The molecular weight excluding hydrogens is 297 g/mol. The number of nitrogens with zero attached hydrogens (tertiary/aromatic N) is 2. The van der Waals surface area contributed by atoms with Gasteiger partial charge < -0.3 is 5.32 Å².